The van der Waals surface area contributed by atoms with E-state index in [9.17, 15) is 14.4 Å². The number of carbonyl (C=O) groups is 2. The molecule has 3 amide bonds. The molecule has 10 heteroatoms. The van der Waals surface area contributed by atoms with Gasteiger partial charge in [0.2, 0.25) is 5.91 Å². The van der Waals surface area contributed by atoms with Gasteiger partial charge in [-0.15, -0.1) is 11.3 Å². The third-order valence-electron chi connectivity index (χ3n) is 5.21. The number of nitrogens with zero attached hydrogens (tertiary/aromatic N) is 2. The fraction of sp³-hybridized carbons (Fsp3) is 0.333. The average molecular weight is 477 g/mol. The molecule has 3 N–H and O–H groups in total. The van der Waals surface area contributed by atoms with Crippen LogP contribution in [0.1, 0.15) is 30.2 Å². The van der Waals surface area contributed by atoms with Gasteiger partial charge in [-0.05, 0) is 55.0 Å². The summed E-state index contributed by atoms with van der Waals surface area (Å²) in [7, 11) is 0. The standard InChI is InChI=1S/C21H21ClN4O3S2/c1-11-2-7-14-15(10-11)31-18-17(14)19(28)26(13-5-3-12(22)4-6-13)21(25-18)30-9-8-16(27)24-20(23)29/h3-6,11H,2,7-10H2,1H3,(H3,23,24,27,29). The molecule has 4 rings (SSSR count). The SMILES string of the molecule is CC1CCc2c(sc3nc(SCCC(=O)NC(N)=O)n(-c4ccc(Cl)cc4)c(=O)c23)C1. The number of benzene rings is 1. The Morgan fingerprint density at radius 1 is 1.35 bits per heavy atom. The van der Waals surface area contributed by atoms with E-state index in [1.165, 1.54) is 16.6 Å². The van der Waals surface area contributed by atoms with E-state index in [2.05, 4.69) is 6.92 Å². The molecule has 0 saturated heterocycles. The molecular weight excluding hydrogens is 456 g/mol. The number of aromatic nitrogens is 2. The minimum absolute atomic E-state index is 0.0700. The minimum atomic E-state index is -0.883. The number of nitrogens with one attached hydrogen (secondary N) is 1. The highest BCUT2D eigenvalue weighted by Gasteiger charge is 2.25. The molecule has 0 radical (unpaired) electrons. The number of aryl methyl sites for hydroxylation is 1. The molecule has 2 aromatic heterocycles. The molecule has 1 atom stereocenters. The van der Waals surface area contributed by atoms with Crippen LogP contribution >= 0.6 is 34.7 Å². The van der Waals surface area contributed by atoms with Gasteiger partial charge >= 0.3 is 6.03 Å². The number of amides is 3. The summed E-state index contributed by atoms with van der Waals surface area (Å²) in [5, 5.41) is 3.81. The molecule has 0 spiro atoms. The summed E-state index contributed by atoms with van der Waals surface area (Å²) in [4.78, 5) is 43.0. The molecule has 31 heavy (non-hydrogen) atoms. The largest absolute Gasteiger partial charge is 0.351 e. The van der Waals surface area contributed by atoms with Gasteiger partial charge in [0.25, 0.3) is 5.56 Å². The first-order valence-electron chi connectivity index (χ1n) is 9.88. The Bertz CT molecular complexity index is 1220. The van der Waals surface area contributed by atoms with Crippen molar-refractivity contribution < 1.29 is 9.59 Å². The Balaban J connectivity index is 1.77. The molecule has 1 aromatic carbocycles. The Hall–Kier alpha value is -2.36. The summed E-state index contributed by atoms with van der Waals surface area (Å²) in [6.07, 6.45) is 2.98. The van der Waals surface area contributed by atoms with Crippen LogP contribution in [0.3, 0.4) is 0 Å². The van der Waals surface area contributed by atoms with Crippen molar-refractivity contribution in [1.29, 1.82) is 0 Å². The van der Waals surface area contributed by atoms with Crippen LogP contribution in [0.4, 0.5) is 4.79 Å². The third kappa shape index (κ3) is 4.63. The van der Waals surface area contributed by atoms with Crippen LogP contribution in [-0.4, -0.2) is 27.2 Å². The molecule has 7 nitrogen and oxygen atoms in total. The number of hydrogen-bond donors (Lipinski definition) is 2. The van der Waals surface area contributed by atoms with E-state index in [4.69, 9.17) is 22.3 Å². The number of hydrogen-bond acceptors (Lipinski definition) is 6. The van der Waals surface area contributed by atoms with Crippen molar-refractivity contribution in [3.05, 3.63) is 50.1 Å². The second-order valence-electron chi connectivity index (χ2n) is 7.55. The fourth-order valence-electron chi connectivity index (χ4n) is 3.72. The van der Waals surface area contributed by atoms with Crippen LogP contribution in [0.25, 0.3) is 15.9 Å². The topological polar surface area (TPSA) is 107 Å². The number of thioether (sulfide) groups is 1. The van der Waals surface area contributed by atoms with Gasteiger partial charge in [-0.3, -0.25) is 19.5 Å². The van der Waals surface area contributed by atoms with Crippen LogP contribution in [-0.2, 0) is 17.6 Å². The van der Waals surface area contributed by atoms with E-state index in [-0.39, 0.29) is 12.0 Å². The summed E-state index contributed by atoms with van der Waals surface area (Å²) < 4.78 is 1.58. The van der Waals surface area contributed by atoms with E-state index in [1.807, 2.05) is 5.32 Å². The van der Waals surface area contributed by atoms with Crippen molar-refractivity contribution in [2.24, 2.45) is 11.7 Å². The minimum Gasteiger partial charge on any atom is -0.351 e. The quantitative estimate of drug-likeness (QED) is 0.429. The van der Waals surface area contributed by atoms with Crippen LogP contribution in [0.15, 0.2) is 34.2 Å². The summed E-state index contributed by atoms with van der Waals surface area (Å²) in [5.41, 5.74) is 6.66. The first-order valence-corrected chi connectivity index (χ1v) is 12.1. The maximum atomic E-state index is 13.6. The molecule has 3 aromatic rings. The maximum Gasteiger partial charge on any atom is 0.318 e. The van der Waals surface area contributed by atoms with Gasteiger partial charge in [-0.2, -0.15) is 0 Å². The molecule has 0 bridgehead atoms. The number of halogens is 1. The van der Waals surface area contributed by atoms with E-state index >= 15 is 0 Å². The number of primary amides is 1. The van der Waals surface area contributed by atoms with E-state index < -0.39 is 11.9 Å². The number of carbonyl (C=O) groups excluding carboxylic acids is 2. The van der Waals surface area contributed by atoms with Gasteiger partial charge in [0.05, 0.1) is 11.1 Å². The Morgan fingerprint density at radius 3 is 2.81 bits per heavy atom. The summed E-state index contributed by atoms with van der Waals surface area (Å²) >= 11 is 8.91. The summed E-state index contributed by atoms with van der Waals surface area (Å²) in [5.74, 6) is 0.464. The highest BCUT2D eigenvalue weighted by Crippen LogP contribution is 2.37. The highest BCUT2D eigenvalue weighted by atomic mass is 35.5. The molecule has 0 aliphatic heterocycles. The van der Waals surface area contributed by atoms with E-state index in [1.54, 1.807) is 40.2 Å². The number of fused-ring (bicyclic) bond motifs is 3. The van der Waals surface area contributed by atoms with Crippen molar-refractivity contribution in [2.45, 2.75) is 37.8 Å². The monoisotopic (exact) mass is 476 g/mol. The predicted octanol–water partition coefficient (Wildman–Crippen LogP) is 3.90. The zero-order valence-corrected chi connectivity index (χ0v) is 19.2. The van der Waals surface area contributed by atoms with Crippen LogP contribution in [0.2, 0.25) is 5.02 Å². The zero-order valence-electron chi connectivity index (χ0n) is 16.8. The average Bonchev–Trinajstić information content (AvgIpc) is 3.06. The lowest BCUT2D eigenvalue weighted by Gasteiger charge is -2.17. The molecule has 2 heterocycles. The van der Waals surface area contributed by atoms with Gasteiger partial charge in [0.15, 0.2) is 5.16 Å². The number of thiophene rings is 1. The van der Waals surface area contributed by atoms with Crippen LogP contribution in [0.5, 0.6) is 0 Å². The lowest BCUT2D eigenvalue weighted by molar-refractivity contribution is -0.119. The molecule has 0 saturated carbocycles. The molecule has 1 aliphatic rings. The predicted molar refractivity (Wildman–Crippen MR) is 124 cm³/mol. The molecule has 0 fully saturated rings. The van der Waals surface area contributed by atoms with Gasteiger partial charge < -0.3 is 5.73 Å². The number of nitrogens with two attached hydrogens (primary N) is 1. The third-order valence-corrected chi connectivity index (χ3v) is 7.55. The first-order chi connectivity index (χ1) is 14.8. The smallest absolute Gasteiger partial charge is 0.318 e. The van der Waals surface area contributed by atoms with Crippen molar-refractivity contribution in [3.63, 3.8) is 0 Å². The Labute approximate surface area is 192 Å². The van der Waals surface area contributed by atoms with Crippen molar-refractivity contribution in [2.75, 3.05) is 5.75 Å². The highest BCUT2D eigenvalue weighted by molar-refractivity contribution is 7.99. The maximum absolute atomic E-state index is 13.6. The van der Waals surface area contributed by atoms with Crippen LogP contribution in [0, 0.1) is 5.92 Å². The molecule has 162 valence electrons. The van der Waals surface area contributed by atoms with E-state index in [0.717, 1.165) is 29.7 Å². The second kappa shape index (κ2) is 9.02. The van der Waals surface area contributed by atoms with Gasteiger partial charge in [-0.1, -0.05) is 30.3 Å². The number of imide groups is 1. The lowest BCUT2D eigenvalue weighted by Crippen LogP contribution is -2.35. The number of rotatable bonds is 5. The van der Waals surface area contributed by atoms with Crippen LogP contribution < -0.4 is 16.6 Å². The number of urea groups is 1. The fourth-order valence-corrected chi connectivity index (χ4v) is 6.22. The molecule has 1 unspecified atom stereocenters. The summed E-state index contributed by atoms with van der Waals surface area (Å²) in [6.45, 7) is 2.23. The van der Waals surface area contributed by atoms with E-state index in [0.29, 0.717) is 32.9 Å². The van der Waals surface area contributed by atoms with Gasteiger partial charge in [-0.25, -0.2) is 9.78 Å². The normalized spacial score (nSPS) is 15.6. The van der Waals surface area contributed by atoms with Gasteiger partial charge in [0, 0.05) is 22.1 Å². The van der Waals surface area contributed by atoms with Crippen molar-refractivity contribution in [1.82, 2.24) is 14.9 Å². The lowest BCUT2D eigenvalue weighted by atomic mass is 9.89. The summed E-state index contributed by atoms with van der Waals surface area (Å²) in [6, 6.07) is 6.13. The van der Waals surface area contributed by atoms with Crippen molar-refractivity contribution >= 4 is 56.9 Å². The second-order valence-corrected chi connectivity index (χ2v) is 10.1. The molecular formula is C21H21ClN4O3S2. The van der Waals surface area contributed by atoms with Gasteiger partial charge in [0.1, 0.15) is 4.83 Å². The van der Waals surface area contributed by atoms with Crippen molar-refractivity contribution in [3.8, 4) is 5.69 Å². The Kier molecular flexibility index (Phi) is 6.36. The zero-order chi connectivity index (χ0) is 22.1. The Morgan fingerprint density at radius 2 is 2.10 bits per heavy atom. The molecule has 1 aliphatic carbocycles. The first kappa shape index (κ1) is 21.9.